The van der Waals surface area contributed by atoms with Crippen molar-refractivity contribution in [2.45, 2.75) is 18.4 Å². The Kier molecular flexibility index (Phi) is 3.49. The zero-order chi connectivity index (χ0) is 24.1. The van der Waals surface area contributed by atoms with Gasteiger partial charge in [0, 0.05) is 24.3 Å². The molecule has 1 spiro atoms. The quantitative estimate of drug-likeness (QED) is 0.406. The molecule has 0 radical (unpaired) electrons. The molecule has 0 saturated carbocycles. The standard InChI is InChI=1S/C31H22N4O2/c1-3-11-21(12-4-1)32-19-25-23-15-7-9-17-27(23)36-31-34(25)29(32)30-33(22-13-5-2-6-14-22)20-26(35(30)31)24-16-8-10-18-28(24)37-31/h1-20,29-30H/q+4. The maximum absolute atomic E-state index is 6.93. The topological polar surface area (TPSA) is 30.5 Å². The van der Waals surface area contributed by atoms with E-state index >= 15 is 0 Å². The van der Waals surface area contributed by atoms with Gasteiger partial charge in [-0.15, -0.1) is 9.15 Å². The molecule has 4 aromatic carbocycles. The van der Waals surface area contributed by atoms with E-state index in [9.17, 15) is 0 Å². The van der Waals surface area contributed by atoms with Crippen LogP contribution in [0.2, 0.25) is 0 Å². The van der Waals surface area contributed by atoms with Crippen molar-refractivity contribution in [3.63, 3.8) is 0 Å². The van der Waals surface area contributed by atoms with Crippen LogP contribution in [0.1, 0.15) is 11.1 Å². The zero-order valence-electron chi connectivity index (χ0n) is 19.8. The molecule has 37 heavy (non-hydrogen) atoms. The summed E-state index contributed by atoms with van der Waals surface area (Å²) in [6.07, 6.45) is 4.31. The van der Waals surface area contributed by atoms with E-state index in [-0.39, 0.29) is 12.3 Å². The van der Waals surface area contributed by atoms with Gasteiger partial charge in [0.2, 0.25) is 23.8 Å². The summed E-state index contributed by atoms with van der Waals surface area (Å²) in [6, 6.07) is 36.5. The van der Waals surface area contributed by atoms with Crippen LogP contribution in [0.15, 0.2) is 109 Å². The number of benzene rings is 4. The Morgan fingerprint density at radius 3 is 1.35 bits per heavy atom. The third kappa shape index (κ3) is 2.31. The summed E-state index contributed by atoms with van der Waals surface area (Å²) in [6.45, 7) is 0. The van der Waals surface area contributed by atoms with Crippen LogP contribution in [0.3, 0.4) is 0 Å². The number of rotatable bonds is 2. The van der Waals surface area contributed by atoms with Crippen LogP contribution in [-0.2, 0) is 0 Å². The number of nitrogens with zero attached hydrogens (tertiary/aromatic N) is 4. The maximum atomic E-state index is 6.93. The van der Waals surface area contributed by atoms with Crippen molar-refractivity contribution >= 4 is 35.2 Å². The number of fused-ring (bicyclic) bond motifs is 5. The van der Waals surface area contributed by atoms with Gasteiger partial charge in [0.1, 0.15) is 0 Å². The van der Waals surface area contributed by atoms with E-state index in [2.05, 4.69) is 116 Å². The van der Waals surface area contributed by atoms with Crippen molar-refractivity contribution in [1.82, 2.24) is 0 Å². The second-order valence-electron chi connectivity index (χ2n) is 9.83. The highest BCUT2D eigenvalue weighted by Crippen LogP contribution is 2.47. The predicted molar refractivity (Wildman–Crippen MR) is 138 cm³/mol. The van der Waals surface area contributed by atoms with Gasteiger partial charge in [-0.25, -0.2) is 0 Å². The number of para-hydroxylation sites is 4. The summed E-state index contributed by atoms with van der Waals surface area (Å²) in [4.78, 5) is 0. The van der Waals surface area contributed by atoms with Crippen molar-refractivity contribution in [3.05, 3.63) is 120 Å². The first-order valence-electron chi connectivity index (χ1n) is 12.6. The van der Waals surface area contributed by atoms with Crippen molar-refractivity contribution in [3.8, 4) is 11.5 Å². The summed E-state index contributed by atoms with van der Waals surface area (Å²) in [7, 11) is 0. The molecular weight excluding hydrogens is 460 g/mol. The van der Waals surface area contributed by atoms with Crippen molar-refractivity contribution < 1.29 is 27.8 Å². The Hall–Kier alpha value is -4.84. The Labute approximate surface area is 213 Å². The van der Waals surface area contributed by atoms with E-state index < -0.39 is 6.03 Å². The molecule has 5 aliphatic rings. The molecule has 0 bridgehead atoms. The highest BCUT2D eigenvalue weighted by Gasteiger charge is 2.90. The van der Waals surface area contributed by atoms with Crippen LogP contribution in [0.25, 0.3) is 0 Å². The van der Waals surface area contributed by atoms with Crippen molar-refractivity contribution in [2.24, 2.45) is 0 Å². The summed E-state index contributed by atoms with van der Waals surface area (Å²) >= 11 is 0. The molecule has 6 heteroatoms. The summed E-state index contributed by atoms with van der Waals surface area (Å²) in [5.41, 5.74) is 6.57. The lowest BCUT2D eigenvalue weighted by molar-refractivity contribution is -0.896. The van der Waals surface area contributed by atoms with Gasteiger partial charge in [0.05, 0.1) is 11.1 Å². The van der Waals surface area contributed by atoms with Gasteiger partial charge < -0.3 is 9.47 Å². The minimum atomic E-state index is -1.15. The Morgan fingerprint density at radius 1 is 0.486 bits per heavy atom. The van der Waals surface area contributed by atoms with Gasteiger partial charge in [-0.05, 0) is 33.4 Å². The average Bonchev–Trinajstić information content (AvgIpc) is 3.63. The lowest BCUT2D eigenvalue weighted by Crippen LogP contribution is -2.62. The monoisotopic (exact) mass is 482 g/mol. The van der Waals surface area contributed by atoms with E-state index in [1.54, 1.807) is 0 Å². The fourth-order valence-corrected chi connectivity index (χ4v) is 6.48. The lowest BCUT2D eigenvalue weighted by Gasteiger charge is -2.26. The lowest BCUT2D eigenvalue weighted by atomic mass is 10.1. The second kappa shape index (κ2) is 6.68. The molecule has 0 aromatic heterocycles. The highest BCUT2D eigenvalue weighted by atomic mass is 16.7. The zero-order valence-corrected chi connectivity index (χ0v) is 19.8. The molecule has 174 valence electrons. The van der Waals surface area contributed by atoms with Crippen molar-refractivity contribution in [1.29, 1.82) is 0 Å². The molecule has 1 saturated heterocycles. The van der Waals surface area contributed by atoms with Gasteiger partial charge in [-0.2, -0.15) is 0 Å². The molecule has 1 fully saturated rings. The SMILES string of the molecule is C1=[N+](c2ccccc2)C2C3[N+](c4ccccc4)=CC4=[N+]3C3(Oc5ccccc5C1=[N+]23)Oc1ccccc14. The fraction of sp³-hybridized carbons (Fsp3) is 0.0968. The molecule has 2 unspecified atom stereocenters. The van der Waals surface area contributed by atoms with Crippen LogP contribution in [-0.4, -0.2) is 60.5 Å². The molecule has 0 amide bonds. The average molecular weight is 483 g/mol. The van der Waals surface area contributed by atoms with Gasteiger partial charge >= 0.3 is 18.4 Å². The predicted octanol–water partition coefficient (Wildman–Crippen LogP) is 3.91. The number of hydrogen-bond acceptors (Lipinski definition) is 2. The molecule has 0 aliphatic carbocycles. The Balaban J connectivity index is 1.39. The summed E-state index contributed by atoms with van der Waals surface area (Å²) in [5.74, 6) is 1.63. The van der Waals surface area contributed by atoms with E-state index in [1.165, 1.54) is 0 Å². The molecule has 0 N–H and O–H groups in total. The third-order valence-corrected chi connectivity index (χ3v) is 7.94. The van der Waals surface area contributed by atoms with Crippen LogP contribution in [0, 0.1) is 0 Å². The first-order chi connectivity index (χ1) is 18.3. The van der Waals surface area contributed by atoms with Crippen LogP contribution in [0.5, 0.6) is 11.5 Å². The third-order valence-electron chi connectivity index (χ3n) is 7.94. The van der Waals surface area contributed by atoms with Crippen LogP contribution >= 0.6 is 0 Å². The van der Waals surface area contributed by atoms with Gasteiger partial charge in [0.25, 0.3) is 11.4 Å². The van der Waals surface area contributed by atoms with Crippen molar-refractivity contribution in [2.75, 3.05) is 0 Å². The number of ether oxygens (including phenoxy) is 2. The maximum Gasteiger partial charge on any atom is 0.717 e. The number of hydrogen-bond donors (Lipinski definition) is 0. The Bertz CT molecular complexity index is 1650. The van der Waals surface area contributed by atoms with Crippen LogP contribution < -0.4 is 9.47 Å². The molecule has 5 heterocycles. The Morgan fingerprint density at radius 2 is 0.892 bits per heavy atom. The molecular formula is C31H22N4O2+4. The van der Waals surface area contributed by atoms with Gasteiger partial charge in [0.15, 0.2) is 11.5 Å². The van der Waals surface area contributed by atoms with E-state index in [1.807, 2.05) is 24.3 Å². The minimum Gasteiger partial charge on any atom is -0.340 e. The normalized spacial score (nSPS) is 25.4. The first-order valence-corrected chi connectivity index (χ1v) is 12.6. The molecule has 6 nitrogen and oxygen atoms in total. The van der Waals surface area contributed by atoms with E-state index in [0.717, 1.165) is 45.4 Å². The van der Waals surface area contributed by atoms with Gasteiger partial charge in [-0.3, -0.25) is 0 Å². The highest BCUT2D eigenvalue weighted by molar-refractivity contribution is 6.37. The molecule has 4 aromatic rings. The van der Waals surface area contributed by atoms with Crippen LogP contribution in [0.4, 0.5) is 11.4 Å². The van der Waals surface area contributed by atoms with E-state index in [0.29, 0.717) is 0 Å². The second-order valence-corrected chi connectivity index (χ2v) is 9.83. The smallest absolute Gasteiger partial charge is 0.340 e. The largest absolute Gasteiger partial charge is 0.717 e. The van der Waals surface area contributed by atoms with Gasteiger partial charge in [-0.1, -0.05) is 60.7 Å². The first kappa shape index (κ1) is 19.4. The molecule has 5 aliphatic heterocycles. The van der Waals surface area contributed by atoms with E-state index in [4.69, 9.17) is 9.47 Å². The molecule has 2 atom stereocenters. The molecule has 9 rings (SSSR count). The minimum absolute atomic E-state index is 0.103. The summed E-state index contributed by atoms with van der Waals surface area (Å²) < 4.78 is 23.2. The summed E-state index contributed by atoms with van der Waals surface area (Å²) in [5, 5.41) is 0. The fourth-order valence-electron chi connectivity index (χ4n) is 6.48.